The molecule has 0 bridgehead atoms. The molecule has 0 saturated heterocycles. The standard InChI is InChI=1S/C8H9BrN4O/c9-7-4-2-1-3-6(7)5-11-12-8(10)13-14/h1-5,14H,(H3,10,12,13)/b11-5+. The molecule has 1 aromatic rings. The summed E-state index contributed by atoms with van der Waals surface area (Å²) in [6.45, 7) is 0. The van der Waals surface area contributed by atoms with Crippen molar-refractivity contribution in [3.8, 4) is 0 Å². The van der Waals surface area contributed by atoms with Crippen LogP contribution < -0.4 is 11.2 Å². The highest BCUT2D eigenvalue weighted by Gasteiger charge is 1.92. The van der Waals surface area contributed by atoms with Crippen molar-refractivity contribution in [1.82, 2.24) is 5.48 Å². The maximum absolute atomic E-state index is 8.30. The van der Waals surface area contributed by atoms with Gasteiger partial charge < -0.3 is 5.73 Å². The maximum atomic E-state index is 8.30. The molecule has 0 fully saturated rings. The van der Waals surface area contributed by atoms with Crippen molar-refractivity contribution < 1.29 is 5.21 Å². The quantitative estimate of drug-likeness (QED) is 0.421. The molecule has 4 N–H and O–H groups in total. The van der Waals surface area contributed by atoms with E-state index in [1.54, 1.807) is 5.48 Å². The number of nitrogens with zero attached hydrogens (tertiary/aromatic N) is 2. The monoisotopic (exact) mass is 256 g/mol. The summed E-state index contributed by atoms with van der Waals surface area (Å²) in [4.78, 5) is 0. The first-order valence-corrected chi connectivity index (χ1v) is 4.54. The maximum Gasteiger partial charge on any atom is 0.237 e. The predicted octanol–water partition coefficient (Wildman–Crippen LogP) is 1.08. The van der Waals surface area contributed by atoms with Crippen LogP contribution >= 0.6 is 15.9 Å². The van der Waals surface area contributed by atoms with Crippen molar-refractivity contribution >= 4 is 28.1 Å². The highest BCUT2D eigenvalue weighted by Crippen LogP contribution is 2.13. The summed E-state index contributed by atoms with van der Waals surface area (Å²) in [5.41, 5.74) is 7.68. The van der Waals surface area contributed by atoms with Gasteiger partial charge in [-0.3, -0.25) is 5.21 Å². The number of hydrogen-bond donors (Lipinski definition) is 3. The van der Waals surface area contributed by atoms with Crippen molar-refractivity contribution in [2.75, 3.05) is 0 Å². The van der Waals surface area contributed by atoms with Gasteiger partial charge in [0.05, 0.1) is 6.21 Å². The van der Waals surface area contributed by atoms with Crippen LogP contribution in [-0.2, 0) is 0 Å². The molecular formula is C8H9BrN4O. The third-order valence-electron chi connectivity index (χ3n) is 1.38. The smallest absolute Gasteiger partial charge is 0.237 e. The zero-order valence-corrected chi connectivity index (χ0v) is 8.77. The first kappa shape index (κ1) is 10.7. The second-order valence-corrected chi connectivity index (χ2v) is 3.22. The van der Waals surface area contributed by atoms with Gasteiger partial charge in [0.1, 0.15) is 0 Å². The third kappa shape index (κ3) is 3.15. The van der Waals surface area contributed by atoms with Crippen LogP contribution in [0.3, 0.4) is 0 Å². The molecule has 0 heterocycles. The van der Waals surface area contributed by atoms with E-state index in [2.05, 4.69) is 26.1 Å². The first-order valence-electron chi connectivity index (χ1n) is 3.75. The van der Waals surface area contributed by atoms with Crippen LogP contribution in [0.25, 0.3) is 0 Å². The Hall–Kier alpha value is -1.40. The van der Waals surface area contributed by atoms with Gasteiger partial charge in [-0.2, -0.15) is 5.10 Å². The Morgan fingerprint density at radius 3 is 2.86 bits per heavy atom. The first-order chi connectivity index (χ1) is 6.74. The molecule has 0 aromatic heterocycles. The Kier molecular flexibility index (Phi) is 4.09. The summed E-state index contributed by atoms with van der Waals surface area (Å²) in [7, 11) is 0. The SMILES string of the molecule is N/C(=N\N=C\c1ccccc1Br)NO. The highest BCUT2D eigenvalue weighted by atomic mass is 79.9. The van der Waals surface area contributed by atoms with Crippen molar-refractivity contribution in [3.63, 3.8) is 0 Å². The normalized spacial score (nSPS) is 12.0. The lowest BCUT2D eigenvalue weighted by molar-refractivity contribution is 0.232. The van der Waals surface area contributed by atoms with Crippen LogP contribution in [0, 0.1) is 0 Å². The largest absolute Gasteiger partial charge is 0.367 e. The molecule has 6 heteroatoms. The predicted molar refractivity (Wildman–Crippen MR) is 58.3 cm³/mol. The summed E-state index contributed by atoms with van der Waals surface area (Å²) < 4.78 is 0.912. The second-order valence-electron chi connectivity index (χ2n) is 2.36. The van der Waals surface area contributed by atoms with Crippen LogP contribution in [0.15, 0.2) is 38.9 Å². The fourth-order valence-electron chi connectivity index (χ4n) is 0.755. The summed E-state index contributed by atoms with van der Waals surface area (Å²) >= 11 is 3.34. The summed E-state index contributed by atoms with van der Waals surface area (Å²) in [6.07, 6.45) is 1.52. The zero-order chi connectivity index (χ0) is 10.4. The topological polar surface area (TPSA) is 83.0 Å². The Labute approximate surface area is 89.4 Å². The number of nitrogens with one attached hydrogen (secondary N) is 1. The van der Waals surface area contributed by atoms with Crippen LogP contribution in [-0.4, -0.2) is 17.4 Å². The molecule has 5 nitrogen and oxygen atoms in total. The molecular weight excluding hydrogens is 248 g/mol. The highest BCUT2D eigenvalue weighted by molar-refractivity contribution is 9.10. The van der Waals surface area contributed by atoms with Gasteiger partial charge in [-0.05, 0) is 6.07 Å². The molecule has 14 heavy (non-hydrogen) atoms. The van der Waals surface area contributed by atoms with Gasteiger partial charge in [-0.1, -0.05) is 34.1 Å². The lowest BCUT2D eigenvalue weighted by Gasteiger charge is -1.94. The van der Waals surface area contributed by atoms with Crippen molar-refractivity contribution in [1.29, 1.82) is 0 Å². The van der Waals surface area contributed by atoms with Gasteiger partial charge in [0, 0.05) is 10.0 Å². The molecule has 0 amide bonds. The minimum atomic E-state index is -0.159. The minimum absolute atomic E-state index is 0.159. The van der Waals surface area contributed by atoms with E-state index >= 15 is 0 Å². The van der Waals surface area contributed by atoms with Gasteiger partial charge in [0.2, 0.25) is 5.96 Å². The average molecular weight is 257 g/mol. The zero-order valence-electron chi connectivity index (χ0n) is 7.18. The molecule has 0 atom stereocenters. The molecule has 1 rings (SSSR count). The Balaban J connectivity index is 2.74. The summed E-state index contributed by atoms with van der Waals surface area (Å²) in [5, 5.41) is 15.4. The molecule has 74 valence electrons. The minimum Gasteiger partial charge on any atom is -0.367 e. The number of benzene rings is 1. The van der Waals surface area contributed by atoms with Crippen molar-refractivity contribution in [3.05, 3.63) is 34.3 Å². The van der Waals surface area contributed by atoms with Crippen LogP contribution in [0.1, 0.15) is 5.56 Å². The molecule has 0 spiro atoms. The number of rotatable bonds is 2. The fraction of sp³-hybridized carbons (Fsp3) is 0. The number of guanidine groups is 1. The van der Waals surface area contributed by atoms with Crippen LogP contribution in [0.2, 0.25) is 0 Å². The van der Waals surface area contributed by atoms with E-state index in [1.165, 1.54) is 6.21 Å². The van der Waals surface area contributed by atoms with Crippen molar-refractivity contribution in [2.45, 2.75) is 0 Å². The Morgan fingerprint density at radius 2 is 2.21 bits per heavy atom. The van der Waals surface area contributed by atoms with Crippen molar-refractivity contribution in [2.24, 2.45) is 15.9 Å². The molecule has 0 aliphatic carbocycles. The number of hydroxylamine groups is 1. The van der Waals surface area contributed by atoms with Gasteiger partial charge in [0.25, 0.3) is 0 Å². The van der Waals surface area contributed by atoms with Gasteiger partial charge >= 0.3 is 0 Å². The number of hydrogen-bond acceptors (Lipinski definition) is 3. The molecule has 0 aliphatic heterocycles. The summed E-state index contributed by atoms with van der Waals surface area (Å²) in [5.74, 6) is -0.159. The van der Waals surface area contributed by atoms with E-state index in [0.717, 1.165) is 10.0 Å². The van der Waals surface area contributed by atoms with Crippen LogP contribution in [0.4, 0.5) is 0 Å². The van der Waals surface area contributed by atoms with E-state index in [1.807, 2.05) is 24.3 Å². The van der Waals surface area contributed by atoms with Gasteiger partial charge in [0.15, 0.2) is 0 Å². The van der Waals surface area contributed by atoms with E-state index in [9.17, 15) is 0 Å². The average Bonchev–Trinajstić information content (AvgIpc) is 2.20. The number of nitrogens with two attached hydrogens (primary N) is 1. The van der Waals surface area contributed by atoms with E-state index < -0.39 is 0 Å². The molecule has 0 radical (unpaired) electrons. The molecule has 0 aliphatic rings. The lowest BCUT2D eigenvalue weighted by Crippen LogP contribution is -2.27. The molecule has 0 unspecified atom stereocenters. The van der Waals surface area contributed by atoms with Gasteiger partial charge in [-0.15, -0.1) is 5.10 Å². The lowest BCUT2D eigenvalue weighted by atomic mass is 10.2. The van der Waals surface area contributed by atoms with Gasteiger partial charge in [-0.25, -0.2) is 5.48 Å². The summed E-state index contributed by atoms with van der Waals surface area (Å²) in [6, 6.07) is 7.53. The van der Waals surface area contributed by atoms with E-state index in [0.29, 0.717) is 0 Å². The van der Waals surface area contributed by atoms with E-state index in [4.69, 9.17) is 10.9 Å². The van der Waals surface area contributed by atoms with E-state index in [-0.39, 0.29) is 5.96 Å². The molecule has 0 saturated carbocycles. The third-order valence-corrected chi connectivity index (χ3v) is 2.10. The second kappa shape index (κ2) is 5.36. The fourth-order valence-corrected chi connectivity index (χ4v) is 1.14. The Morgan fingerprint density at radius 1 is 1.50 bits per heavy atom. The Bertz CT molecular complexity index is 364. The van der Waals surface area contributed by atoms with Crippen LogP contribution in [0.5, 0.6) is 0 Å². The molecule has 1 aromatic carbocycles. The number of halogens is 1.